The van der Waals surface area contributed by atoms with Gasteiger partial charge in [0.15, 0.2) is 8.32 Å². The molecule has 1 aliphatic carbocycles. The number of hydrogen-bond acceptors (Lipinski definition) is 12. The van der Waals surface area contributed by atoms with E-state index in [-0.39, 0.29) is 60.5 Å². The smallest absolute Gasteiger partial charge is 0.329 e. The Kier molecular flexibility index (Phi) is 19.0. The minimum Gasteiger partial charge on any atom is -0.456 e. The van der Waals surface area contributed by atoms with Gasteiger partial charge in [-0.2, -0.15) is 0 Å². The number of aliphatic hydroxyl groups is 2. The third kappa shape index (κ3) is 12.8. The van der Waals surface area contributed by atoms with Crippen LogP contribution in [0.15, 0.2) is 23.3 Å². The average Bonchev–Trinajstić information content (AvgIpc) is 3.23. The highest BCUT2D eigenvalue weighted by molar-refractivity contribution is 6.74. The fourth-order valence-electron chi connectivity index (χ4n) is 10.1. The molecule has 3 aliphatic heterocycles. The minimum atomic E-state index is -2.52. The van der Waals surface area contributed by atoms with Crippen LogP contribution in [0.2, 0.25) is 18.1 Å². The lowest BCUT2D eigenvalue weighted by Gasteiger charge is -2.47. The van der Waals surface area contributed by atoms with Crippen molar-refractivity contribution in [2.24, 2.45) is 29.6 Å². The lowest BCUT2D eigenvalue weighted by molar-refractivity contribution is -0.302. The van der Waals surface area contributed by atoms with E-state index in [2.05, 4.69) is 52.9 Å². The van der Waals surface area contributed by atoms with E-state index >= 15 is 0 Å². The monoisotopic (exact) mass is 906 g/mol. The maximum absolute atomic E-state index is 14.8. The van der Waals surface area contributed by atoms with Crippen molar-refractivity contribution in [3.8, 4) is 0 Å². The average molecular weight is 906 g/mol. The van der Waals surface area contributed by atoms with Gasteiger partial charge in [-0.3, -0.25) is 14.4 Å². The van der Waals surface area contributed by atoms with Gasteiger partial charge in [-0.15, -0.1) is 0 Å². The van der Waals surface area contributed by atoms with Gasteiger partial charge in [-0.25, -0.2) is 4.79 Å². The summed E-state index contributed by atoms with van der Waals surface area (Å²) in [7, 11) is 2.19. The molecule has 3 fully saturated rings. The van der Waals surface area contributed by atoms with Gasteiger partial charge in [0, 0.05) is 52.0 Å². The normalized spacial score (nSPS) is 38.9. The van der Waals surface area contributed by atoms with Crippen LogP contribution in [0.1, 0.15) is 133 Å². The van der Waals surface area contributed by atoms with Crippen molar-refractivity contribution in [1.82, 2.24) is 4.90 Å². The van der Waals surface area contributed by atoms with E-state index in [9.17, 15) is 29.4 Å². The van der Waals surface area contributed by atoms with Crippen molar-refractivity contribution >= 4 is 31.8 Å². The third-order valence-electron chi connectivity index (χ3n) is 15.1. The summed E-state index contributed by atoms with van der Waals surface area (Å²) in [4.78, 5) is 59.5. The number of methoxy groups -OCH3 is 3. The van der Waals surface area contributed by atoms with Gasteiger partial charge in [-0.05, 0) is 114 Å². The zero-order valence-corrected chi connectivity index (χ0v) is 42.1. The van der Waals surface area contributed by atoms with Gasteiger partial charge in [0.1, 0.15) is 24.0 Å². The van der Waals surface area contributed by atoms with Crippen molar-refractivity contribution in [2.75, 3.05) is 27.9 Å². The van der Waals surface area contributed by atoms with Gasteiger partial charge in [0.25, 0.3) is 11.7 Å². The van der Waals surface area contributed by atoms with Crippen LogP contribution in [-0.2, 0) is 47.3 Å². The Morgan fingerprint density at radius 2 is 1.56 bits per heavy atom. The number of piperidine rings is 1. The summed E-state index contributed by atoms with van der Waals surface area (Å²) in [5.74, 6) is -6.88. The number of esters is 1. The molecule has 4 rings (SSSR count). The van der Waals surface area contributed by atoms with Crippen LogP contribution in [0, 0.1) is 29.6 Å². The molecule has 2 saturated heterocycles. The van der Waals surface area contributed by atoms with E-state index in [4.69, 9.17) is 28.1 Å². The molecular formula is C49H83NO12Si. The largest absolute Gasteiger partial charge is 0.456 e. The lowest BCUT2D eigenvalue weighted by atomic mass is 9.81. The van der Waals surface area contributed by atoms with Crippen molar-refractivity contribution in [2.45, 2.75) is 206 Å². The molecule has 2 bridgehead atoms. The first-order valence-corrected chi connectivity index (χ1v) is 26.6. The molecule has 13 nitrogen and oxygen atoms in total. The Hall–Kier alpha value is -2.30. The second kappa shape index (κ2) is 22.5. The summed E-state index contributed by atoms with van der Waals surface area (Å²) in [6.07, 6.45) is 5.14. The molecule has 0 spiro atoms. The maximum Gasteiger partial charge on any atom is 0.329 e. The highest BCUT2D eigenvalue weighted by Crippen LogP contribution is 2.42. The number of aliphatic hydroxyl groups excluding tert-OH is 1. The van der Waals surface area contributed by atoms with E-state index < -0.39 is 86.3 Å². The first kappa shape index (κ1) is 53.3. The summed E-state index contributed by atoms with van der Waals surface area (Å²) in [5.41, 5.74) is 1.82. The fraction of sp³-hybridized carbons (Fsp3) is 0.837. The van der Waals surface area contributed by atoms with Crippen LogP contribution in [0.3, 0.4) is 0 Å². The van der Waals surface area contributed by atoms with Crippen LogP contribution < -0.4 is 0 Å². The number of amides is 1. The predicted molar refractivity (Wildman–Crippen MR) is 244 cm³/mol. The second-order valence-electron chi connectivity index (χ2n) is 21.0. The molecule has 1 amide bonds. The van der Waals surface area contributed by atoms with Gasteiger partial charge in [0.2, 0.25) is 5.79 Å². The quantitative estimate of drug-likeness (QED) is 0.107. The molecule has 3 heterocycles. The standard InChI is InChI=1S/C49H83NO12Si/c1-15-35-23-29(2)22-30(3)24-41(58-11)44-42(59-12)26-32(5)49(56,61-44)45(53)46(54)50-21-17-16-18-36(50)47(55)60-43(31(4)25-34-19-20-37(51)40(27-34)57-10)33(6)39(28-38(35)52)62-63(13,14)48(7,8)9/h23,25,30,32-37,39-44,51,56H,15-22,24,26-28H2,1-14H3/b29-23+,31-25+/t30-,32+,33+,34-,35+,36-,37+,39-,40+,41-,42-,43+,44+,49+/m0/s1. The van der Waals surface area contributed by atoms with Crippen LogP contribution in [0.25, 0.3) is 0 Å². The number of allylic oxidation sites excluding steroid dienone is 3. The molecule has 63 heavy (non-hydrogen) atoms. The molecular weight excluding hydrogens is 823 g/mol. The number of cyclic esters (lactones) is 1. The van der Waals surface area contributed by atoms with Crippen LogP contribution in [0.4, 0.5) is 0 Å². The molecule has 0 aromatic rings. The molecule has 0 unspecified atom stereocenters. The molecule has 4 aliphatic rings. The molecule has 0 radical (unpaired) electrons. The number of carbonyl (C=O) groups excluding carboxylic acids is 4. The predicted octanol–water partition coefficient (Wildman–Crippen LogP) is 7.50. The van der Waals surface area contributed by atoms with E-state index in [1.54, 1.807) is 28.3 Å². The van der Waals surface area contributed by atoms with E-state index in [0.29, 0.717) is 51.4 Å². The van der Waals surface area contributed by atoms with Gasteiger partial charge in [0.05, 0.1) is 30.5 Å². The molecule has 1 saturated carbocycles. The third-order valence-corrected chi connectivity index (χ3v) is 19.6. The first-order chi connectivity index (χ1) is 29.4. The number of carbonyl (C=O) groups is 4. The lowest BCUT2D eigenvalue weighted by Crippen LogP contribution is -2.64. The SMILES string of the molecule is CC[C@@H]1/C=C(\C)C[C@H](C)C[C@H](OC)[C@H]2O[C@@](O)(C(=O)C(=O)N3CCCC[C@H]3C(=O)O[C@H](/C(C)=C/[C@@H]3CC[C@@H](O)[C@H](OC)C3)[C@H](C)[C@@H](O[Si](C)(C)C(C)(C)C)CC1=O)[C@H](C)C[C@@H]2OC. The Balaban J connectivity index is 1.88. The molecule has 2 N–H and O–H groups in total. The van der Waals surface area contributed by atoms with Crippen LogP contribution in [0.5, 0.6) is 0 Å². The summed E-state index contributed by atoms with van der Waals surface area (Å²) in [5, 5.41) is 22.6. The number of hydrogen-bond donors (Lipinski definition) is 2. The second-order valence-corrected chi connectivity index (χ2v) is 25.8. The highest BCUT2D eigenvalue weighted by Gasteiger charge is 2.57. The summed E-state index contributed by atoms with van der Waals surface area (Å²) in [6, 6.07) is -1.11. The fourth-order valence-corrected chi connectivity index (χ4v) is 11.5. The van der Waals surface area contributed by atoms with Crippen LogP contribution in [-0.4, -0.2) is 129 Å². The molecule has 14 heteroatoms. The van der Waals surface area contributed by atoms with Crippen molar-refractivity contribution in [1.29, 1.82) is 0 Å². The zero-order valence-electron chi connectivity index (χ0n) is 41.1. The van der Waals surface area contributed by atoms with E-state index in [0.717, 1.165) is 11.1 Å². The first-order valence-electron chi connectivity index (χ1n) is 23.7. The zero-order chi connectivity index (χ0) is 47.2. The number of fused-ring (bicyclic) bond motifs is 3. The van der Waals surface area contributed by atoms with Crippen molar-refractivity contribution in [3.05, 3.63) is 23.3 Å². The minimum absolute atomic E-state index is 0.0265. The Labute approximate surface area is 379 Å². The van der Waals surface area contributed by atoms with Gasteiger partial charge in [-0.1, -0.05) is 66.2 Å². The maximum atomic E-state index is 14.8. The molecule has 14 atom stereocenters. The number of ether oxygens (including phenoxy) is 5. The summed E-state index contributed by atoms with van der Waals surface area (Å²) < 4.78 is 37.6. The number of nitrogens with zero attached hydrogens (tertiary/aromatic N) is 1. The summed E-state index contributed by atoms with van der Waals surface area (Å²) >= 11 is 0. The molecule has 0 aromatic heterocycles. The van der Waals surface area contributed by atoms with Gasteiger partial charge >= 0.3 is 5.97 Å². The Morgan fingerprint density at radius 1 is 0.921 bits per heavy atom. The van der Waals surface area contributed by atoms with E-state index in [1.165, 1.54) is 4.90 Å². The highest BCUT2D eigenvalue weighted by atomic mass is 28.4. The number of rotatable bonds is 8. The number of ketones is 2. The molecule has 0 aromatic carbocycles. The molecule has 360 valence electrons. The van der Waals surface area contributed by atoms with Crippen LogP contribution >= 0.6 is 0 Å². The Bertz CT molecular complexity index is 1640. The topological polar surface area (TPSA) is 167 Å². The summed E-state index contributed by atoms with van der Waals surface area (Å²) in [6.45, 7) is 22.6. The van der Waals surface area contributed by atoms with Crippen molar-refractivity contribution in [3.63, 3.8) is 0 Å². The number of Topliss-reactive ketones (excluding diaryl/α,β-unsaturated/α-hetero) is 2. The Morgan fingerprint density at radius 3 is 2.16 bits per heavy atom. The van der Waals surface area contributed by atoms with Crippen molar-refractivity contribution < 1.29 is 57.5 Å². The van der Waals surface area contributed by atoms with E-state index in [1.807, 2.05) is 27.7 Å². The van der Waals surface area contributed by atoms with Gasteiger partial charge < -0.3 is 43.2 Å².